The van der Waals surface area contributed by atoms with E-state index in [0.717, 1.165) is 28.8 Å². The second-order valence-electron chi connectivity index (χ2n) is 10.9. The Morgan fingerprint density at radius 1 is 1.05 bits per heavy atom. The van der Waals surface area contributed by atoms with Crippen molar-refractivity contribution in [3.8, 4) is 11.5 Å². The SMILES string of the molecule is CCOC(=O)NC(=O)COC(=O)c1c2c(nc3ccccc13)/C(=C\c1ccc3c(c1)OCO3)C[C@H](C(C)(C)C)C2. The number of aromatic nitrogens is 1. The molecule has 0 spiro atoms. The fourth-order valence-corrected chi connectivity index (χ4v) is 5.09. The standard InChI is InChI=1S/C31H32N2O7/c1-5-37-30(36)33-26(34)16-38-29(35)27-21-8-6-7-9-23(21)32-28-19(14-20(15-22(27)28)31(2,3)4)12-18-10-11-24-25(13-18)40-17-39-24/h6-13,20H,5,14-17H2,1-4H3,(H,33,34,36)/b19-12-/t20-/m0/s1. The molecule has 0 bridgehead atoms. The van der Waals surface area contributed by atoms with E-state index in [2.05, 4.69) is 26.8 Å². The molecule has 2 aliphatic rings. The van der Waals surface area contributed by atoms with Crippen LogP contribution in [0.5, 0.6) is 11.5 Å². The van der Waals surface area contributed by atoms with Crippen molar-refractivity contribution in [1.29, 1.82) is 0 Å². The minimum absolute atomic E-state index is 0.0575. The third-order valence-corrected chi connectivity index (χ3v) is 7.23. The van der Waals surface area contributed by atoms with Crippen molar-refractivity contribution >= 4 is 40.5 Å². The first-order chi connectivity index (χ1) is 19.1. The van der Waals surface area contributed by atoms with Gasteiger partial charge in [0.15, 0.2) is 18.1 Å². The summed E-state index contributed by atoms with van der Waals surface area (Å²) in [5.41, 5.74) is 4.43. The van der Waals surface area contributed by atoms with Crippen LogP contribution in [0.15, 0.2) is 42.5 Å². The molecule has 0 saturated carbocycles. The zero-order valence-electron chi connectivity index (χ0n) is 23.0. The molecule has 9 nitrogen and oxygen atoms in total. The number of nitrogens with zero attached hydrogens (tertiary/aromatic N) is 1. The minimum Gasteiger partial charge on any atom is -0.454 e. The average Bonchev–Trinajstić information content (AvgIpc) is 3.38. The van der Waals surface area contributed by atoms with Crippen LogP contribution in [0.1, 0.15) is 61.3 Å². The Morgan fingerprint density at radius 3 is 2.60 bits per heavy atom. The van der Waals surface area contributed by atoms with Crippen LogP contribution in [0.25, 0.3) is 22.6 Å². The second kappa shape index (κ2) is 11.0. The number of imide groups is 1. The Labute approximate surface area is 232 Å². The predicted molar refractivity (Wildman–Crippen MR) is 149 cm³/mol. The largest absolute Gasteiger partial charge is 0.454 e. The van der Waals surface area contributed by atoms with Gasteiger partial charge in [-0.15, -0.1) is 0 Å². The topological polar surface area (TPSA) is 113 Å². The summed E-state index contributed by atoms with van der Waals surface area (Å²) in [7, 11) is 0. The summed E-state index contributed by atoms with van der Waals surface area (Å²) >= 11 is 0. The van der Waals surface area contributed by atoms with Crippen LogP contribution in [-0.2, 0) is 20.7 Å². The molecule has 40 heavy (non-hydrogen) atoms. The smallest absolute Gasteiger partial charge is 0.413 e. The lowest BCUT2D eigenvalue weighted by Gasteiger charge is -2.36. The fraction of sp³-hybridized carbons (Fsp3) is 0.355. The number of ether oxygens (including phenoxy) is 4. The second-order valence-corrected chi connectivity index (χ2v) is 10.9. The number of carbonyl (C=O) groups excluding carboxylic acids is 3. The Morgan fingerprint density at radius 2 is 1.82 bits per heavy atom. The first kappa shape index (κ1) is 27.2. The molecule has 2 heterocycles. The van der Waals surface area contributed by atoms with Crippen molar-refractivity contribution < 1.29 is 33.3 Å². The lowest BCUT2D eigenvalue weighted by molar-refractivity contribution is -0.123. The minimum atomic E-state index is -0.887. The van der Waals surface area contributed by atoms with Crippen molar-refractivity contribution in [2.45, 2.75) is 40.5 Å². The summed E-state index contributed by atoms with van der Waals surface area (Å²) in [5.74, 6) is 0.192. The monoisotopic (exact) mass is 544 g/mol. The van der Waals surface area contributed by atoms with Gasteiger partial charge in [0, 0.05) is 5.39 Å². The maximum Gasteiger partial charge on any atom is 0.413 e. The van der Waals surface area contributed by atoms with Gasteiger partial charge in [-0.2, -0.15) is 0 Å². The highest BCUT2D eigenvalue weighted by atomic mass is 16.7. The number of benzene rings is 2. The van der Waals surface area contributed by atoms with Gasteiger partial charge in [0.05, 0.1) is 23.4 Å². The number of rotatable bonds is 5. The number of hydrogen-bond donors (Lipinski definition) is 1. The zero-order valence-corrected chi connectivity index (χ0v) is 23.0. The zero-order chi connectivity index (χ0) is 28.4. The highest BCUT2D eigenvalue weighted by Crippen LogP contribution is 2.45. The number of fused-ring (bicyclic) bond motifs is 3. The third kappa shape index (κ3) is 5.64. The summed E-state index contributed by atoms with van der Waals surface area (Å²) in [5, 5.41) is 2.70. The molecular weight excluding hydrogens is 512 g/mol. The Bertz CT molecular complexity index is 1520. The van der Waals surface area contributed by atoms with Gasteiger partial charge >= 0.3 is 12.1 Å². The lowest BCUT2D eigenvalue weighted by atomic mass is 9.69. The molecule has 3 aromatic rings. The van der Waals surface area contributed by atoms with Gasteiger partial charge in [-0.25, -0.2) is 14.6 Å². The Hall–Kier alpha value is -4.40. The van der Waals surface area contributed by atoms with E-state index >= 15 is 0 Å². The molecule has 208 valence electrons. The van der Waals surface area contributed by atoms with Gasteiger partial charge in [0.25, 0.3) is 5.91 Å². The van der Waals surface area contributed by atoms with Gasteiger partial charge in [-0.05, 0) is 72.1 Å². The van der Waals surface area contributed by atoms with Gasteiger partial charge < -0.3 is 18.9 Å². The fourth-order valence-electron chi connectivity index (χ4n) is 5.09. The van der Waals surface area contributed by atoms with E-state index in [0.29, 0.717) is 34.4 Å². The molecule has 1 N–H and O–H groups in total. The number of hydrogen-bond acceptors (Lipinski definition) is 8. The van der Waals surface area contributed by atoms with E-state index in [-0.39, 0.29) is 24.7 Å². The molecule has 2 amide bonds. The summed E-state index contributed by atoms with van der Waals surface area (Å²) in [6.45, 7) is 7.88. The van der Waals surface area contributed by atoms with Gasteiger partial charge in [0.2, 0.25) is 6.79 Å². The van der Waals surface area contributed by atoms with Gasteiger partial charge in [-0.3, -0.25) is 10.1 Å². The number of pyridine rings is 1. The van der Waals surface area contributed by atoms with Crippen LogP contribution in [0.4, 0.5) is 4.79 Å². The van der Waals surface area contributed by atoms with Crippen molar-refractivity contribution in [2.24, 2.45) is 11.3 Å². The van der Waals surface area contributed by atoms with Crippen LogP contribution in [-0.4, -0.2) is 43.0 Å². The first-order valence-corrected chi connectivity index (χ1v) is 13.3. The van der Waals surface area contributed by atoms with Crippen molar-refractivity contribution in [3.63, 3.8) is 0 Å². The summed E-state index contributed by atoms with van der Waals surface area (Å²) in [4.78, 5) is 42.4. The average molecular weight is 545 g/mol. The number of esters is 1. The first-order valence-electron chi connectivity index (χ1n) is 13.3. The number of amides is 2. The molecule has 1 aromatic heterocycles. The summed E-state index contributed by atoms with van der Waals surface area (Å²) in [6, 6.07) is 13.2. The molecule has 0 fully saturated rings. The van der Waals surface area contributed by atoms with Crippen LogP contribution in [0.3, 0.4) is 0 Å². The Kier molecular flexibility index (Phi) is 7.47. The summed E-state index contributed by atoms with van der Waals surface area (Å²) < 4.78 is 21.2. The van der Waals surface area contributed by atoms with Crippen LogP contribution in [0.2, 0.25) is 0 Å². The van der Waals surface area contributed by atoms with Crippen molar-refractivity contribution in [3.05, 3.63) is 64.8 Å². The molecule has 9 heteroatoms. The third-order valence-electron chi connectivity index (χ3n) is 7.23. The molecule has 1 aliphatic heterocycles. The van der Waals surface area contributed by atoms with E-state index in [1.54, 1.807) is 6.92 Å². The Balaban J connectivity index is 1.57. The maximum atomic E-state index is 13.6. The molecule has 1 atom stereocenters. The maximum absolute atomic E-state index is 13.6. The number of allylic oxidation sites excluding steroid dienone is 1. The highest BCUT2D eigenvalue weighted by molar-refractivity contribution is 6.07. The number of nitrogens with one attached hydrogen (secondary N) is 1. The summed E-state index contributed by atoms with van der Waals surface area (Å²) in [6.07, 6.45) is 2.59. The number of alkyl carbamates (subject to hydrolysis) is 1. The van der Waals surface area contributed by atoms with E-state index in [1.807, 2.05) is 47.8 Å². The highest BCUT2D eigenvalue weighted by Gasteiger charge is 2.35. The molecule has 0 unspecified atom stereocenters. The molecule has 1 aliphatic carbocycles. The normalized spacial score (nSPS) is 16.9. The lowest BCUT2D eigenvalue weighted by Crippen LogP contribution is -2.35. The number of para-hydroxylation sites is 1. The van der Waals surface area contributed by atoms with Crippen LogP contribution < -0.4 is 14.8 Å². The molecule has 2 aromatic carbocycles. The quantitative estimate of drug-likeness (QED) is 0.417. The van der Waals surface area contributed by atoms with Crippen molar-refractivity contribution in [2.75, 3.05) is 20.0 Å². The van der Waals surface area contributed by atoms with E-state index < -0.39 is 24.6 Å². The molecule has 0 saturated heterocycles. The number of carbonyl (C=O) groups is 3. The predicted octanol–water partition coefficient (Wildman–Crippen LogP) is 5.54. The van der Waals surface area contributed by atoms with Crippen LogP contribution in [0, 0.1) is 11.3 Å². The molecule has 0 radical (unpaired) electrons. The molecule has 5 rings (SSSR count). The van der Waals surface area contributed by atoms with Crippen LogP contribution >= 0.6 is 0 Å². The van der Waals surface area contributed by atoms with Gasteiger partial charge in [-0.1, -0.05) is 45.0 Å². The van der Waals surface area contributed by atoms with Crippen molar-refractivity contribution in [1.82, 2.24) is 10.3 Å². The van der Waals surface area contributed by atoms with Gasteiger partial charge in [0.1, 0.15) is 0 Å². The van der Waals surface area contributed by atoms with E-state index in [1.165, 1.54) is 0 Å². The van der Waals surface area contributed by atoms with E-state index in [4.69, 9.17) is 23.9 Å². The van der Waals surface area contributed by atoms with E-state index in [9.17, 15) is 14.4 Å². The molecular formula is C31H32N2O7.